The van der Waals surface area contributed by atoms with Crippen LogP contribution in [0, 0.1) is 3.57 Å². The van der Waals surface area contributed by atoms with Gasteiger partial charge in [0.2, 0.25) is 5.89 Å². The van der Waals surface area contributed by atoms with Gasteiger partial charge in [0.25, 0.3) is 0 Å². The standard InChI is InChI=1S/C12H15IN4O/c1-3-14-8(2)11-16-17-12(18-11)15-10-6-4-9(13)5-7-10/h4-8,14H,3H2,1-2H3,(H,15,17). The third kappa shape index (κ3) is 3.42. The molecule has 0 fully saturated rings. The zero-order chi connectivity index (χ0) is 13.0. The van der Waals surface area contributed by atoms with Gasteiger partial charge in [-0.2, -0.15) is 0 Å². The van der Waals surface area contributed by atoms with Crippen LogP contribution in [0.25, 0.3) is 0 Å². The van der Waals surface area contributed by atoms with Gasteiger partial charge in [-0.1, -0.05) is 12.0 Å². The van der Waals surface area contributed by atoms with E-state index in [2.05, 4.69) is 43.4 Å². The predicted molar refractivity (Wildman–Crippen MR) is 78.8 cm³/mol. The molecule has 1 atom stereocenters. The molecule has 2 aromatic rings. The van der Waals surface area contributed by atoms with Crippen LogP contribution in [-0.4, -0.2) is 16.7 Å². The molecule has 0 aliphatic carbocycles. The van der Waals surface area contributed by atoms with Gasteiger partial charge in [-0.3, -0.25) is 0 Å². The number of nitrogens with zero attached hydrogens (tertiary/aromatic N) is 2. The van der Waals surface area contributed by atoms with E-state index in [0.717, 1.165) is 12.2 Å². The molecule has 1 heterocycles. The lowest BCUT2D eigenvalue weighted by Crippen LogP contribution is -2.17. The Hall–Kier alpha value is -1.15. The average molecular weight is 358 g/mol. The summed E-state index contributed by atoms with van der Waals surface area (Å²) in [6, 6.07) is 8.45. The molecule has 1 aromatic carbocycles. The molecule has 96 valence electrons. The highest BCUT2D eigenvalue weighted by molar-refractivity contribution is 14.1. The van der Waals surface area contributed by atoms with Crippen LogP contribution in [-0.2, 0) is 0 Å². The predicted octanol–water partition coefficient (Wildman–Crippen LogP) is 3.09. The minimum atomic E-state index is 0.0646. The van der Waals surface area contributed by atoms with E-state index in [1.54, 1.807) is 0 Å². The van der Waals surface area contributed by atoms with Crippen molar-refractivity contribution in [2.24, 2.45) is 0 Å². The molecule has 0 bridgehead atoms. The van der Waals surface area contributed by atoms with Crippen LogP contribution in [0.1, 0.15) is 25.8 Å². The van der Waals surface area contributed by atoms with Gasteiger partial charge in [-0.25, -0.2) is 0 Å². The molecule has 6 heteroatoms. The van der Waals surface area contributed by atoms with Gasteiger partial charge in [0.1, 0.15) is 0 Å². The van der Waals surface area contributed by atoms with E-state index < -0.39 is 0 Å². The van der Waals surface area contributed by atoms with E-state index >= 15 is 0 Å². The number of anilines is 2. The van der Waals surface area contributed by atoms with E-state index in [9.17, 15) is 0 Å². The first-order chi connectivity index (χ1) is 8.69. The van der Waals surface area contributed by atoms with Crippen LogP contribution in [0.15, 0.2) is 28.7 Å². The van der Waals surface area contributed by atoms with Crippen LogP contribution in [0.4, 0.5) is 11.7 Å². The summed E-state index contributed by atoms with van der Waals surface area (Å²) in [7, 11) is 0. The summed E-state index contributed by atoms with van der Waals surface area (Å²) in [5, 5.41) is 14.3. The molecule has 0 aliphatic heterocycles. The van der Waals surface area contributed by atoms with Crippen molar-refractivity contribution >= 4 is 34.3 Å². The Bertz CT molecular complexity index is 497. The maximum atomic E-state index is 5.53. The Morgan fingerprint density at radius 3 is 2.67 bits per heavy atom. The Morgan fingerprint density at radius 1 is 1.28 bits per heavy atom. The van der Waals surface area contributed by atoms with Gasteiger partial charge in [0, 0.05) is 9.26 Å². The van der Waals surface area contributed by atoms with Gasteiger partial charge in [-0.05, 0) is 60.3 Å². The Morgan fingerprint density at radius 2 is 2.00 bits per heavy atom. The Balaban J connectivity index is 2.04. The van der Waals surface area contributed by atoms with Crippen LogP contribution in [0.5, 0.6) is 0 Å². The topological polar surface area (TPSA) is 63.0 Å². The molecule has 5 nitrogen and oxygen atoms in total. The first-order valence-corrected chi connectivity index (χ1v) is 6.86. The van der Waals surface area contributed by atoms with Gasteiger partial charge < -0.3 is 15.1 Å². The Labute approximate surface area is 120 Å². The maximum Gasteiger partial charge on any atom is 0.320 e. The summed E-state index contributed by atoms with van der Waals surface area (Å²) in [6.45, 7) is 4.90. The van der Waals surface area contributed by atoms with Gasteiger partial charge in [0.15, 0.2) is 0 Å². The summed E-state index contributed by atoms with van der Waals surface area (Å²) in [5.41, 5.74) is 0.932. The van der Waals surface area contributed by atoms with Crippen molar-refractivity contribution in [2.45, 2.75) is 19.9 Å². The lowest BCUT2D eigenvalue weighted by molar-refractivity contribution is 0.430. The molecule has 0 saturated carbocycles. The third-order valence-corrected chi connectivity index (χ3v) is 3.14. The summed E-state index contributed by atoms with van der Waals surface area (Å²) in [5.74, 6) is 0.588. The second-order valence-electron chi connectivity index (χ2n) is 3.86. The summed E-state index contributed by atoms with van der Waals surface area (Å²) in [4.78, 5) is 0. The average Bonchev–Trinajstić information content (AvgIpc) is 2.81. The first-order valence-electron chi connectivity index (χ1n) is 5.78. The van der Waals surface area contributed by atoms with E-state index in [-0.39, 0.29) is 6.04 Å². The molecule has 1 unspecified atom stereocenters. The van der Waals surface area contributed by atoms with E-state index in [1.165, 1.54) is 3.57 Å². The largest absolute Gasteiger partial charge is 0.406 e. The third-order valence-electron chi connectivity index (χ3n) is 2.42. The fraction of sp³-hybridized carbons (Fsp3) is 0.333. The van der Waals surface area contributed by atoms with Crippen LogP contribution >= 0.6 is 22.6 Å². The molecule has 0 radical (unpaired) electrons. The molecule has 2 N–H and O–H groups in total. The minimum absolute atomic E-state index is 0.0646. The SMILES string of the molecule is CCNC(C)c1nnc(Nc2ccc(I)cc2)o1. The van der Waals surface area contributed by atoms with Crippen LogP contribution in [0.2, 0.25) is 0 Å². The summed E-state index contributed by atoms with van der Waals surface area (Å²) < 4.78 is 6.72. The number of benzene rings is 1. The molecular weight excluding hydrogens is 343 g/mol. The number of halogens is 1. The number of hydrogen-bond donors (Lipinski definition) is 2. The van der Waals surface area contributed by atoms with Crippen molar-refractivity contribution in [3.63, 3.8) is 0 Å². The molecule has 0 amide bonds. The number of hydrogen-bond acceptors (Lipinski definition) is 5. The van der Waals surface area contributed by atoms with Gasteiger partial charge in [-0.15, -0.1) is 5.10 Å². The molecule has 0 saturated heterocycles. The zero-order valence-electron chi connectivity index (χ0n) is 10.3. The van der Waals surface area contributed by atoms with Crippen molar-refractivity contribution in [1.29, 1.82) is 0 Å². The minimum Gasteiger partial charge on any atom is -0.406 e. The smallest absolute Gasteiger partial charge is 0.320 e. The summed E-state index contributed by atoms with van der Waals surface area (Å²) >= 11 is 2.26. The maximum absolute atomic E-state index is 5.53. The molecule has 1 aromatic heterocycles. The van der Waals surface area contributed by atoms with E-state index in [0.29, 0.717) is 11.9 Å². The van der Waals surface area contributed by atoms with Gasteiger partial charge >= 0.3 is 6.01 Å². The molecule has 0 aliphatic rings. The van der Waals surface area contributed by atoms with Crippen LogP contribution < -0.4 is 10.6 Å². The van der Waals surface area contributed by atoms with E-state index in [1.807, 2.05) is 38.1 Å². The molecule has 0 spiro atoms. The highest BCUT2D eigenvalue weighted by Crippen LogP contribution is 2.19. The molecule has 2 rings (SSSR count). The second-order valence-corrected chi connectivity index (χ2v) is 5.10. The first kappa shape index (κ1) is 13.3. The second kappa shape index (κ2) is 6.14. The fourth-order valence-corrected chi connectivity index (χ4v) is 1.87. The monoisotopic (exact) mass is 358 g/mol. The molecule has 18 heavy (non-hydrogen) atoms. The number of aromatic nitrogens is 2. The number of rotatable bonds is 5. The van der Waals surface area contributed by atoms with Crippen molar-refractivity contribution < 1.29 is 4.42 Å². The highest BCUT2D eigenvalue weighted by Gasteiger charge is 2.12. The van der Waals surface area contributed by atoms with Crippen LogP contribution in [0.3, 0.4) is 0 Å². The van der Waals surface area contributed by atoms with Crippen molar-refractivity contribution in [2.75, 3.05) is 11.9 Å². The zero-order valence-corrected chi connectivity index (χ0v) is 12.4. The lowest BCUT2D eigenvalue weighted by atomic mass is 10.3. The van der Waals surface area contributed by atoms with Gasteiger partial charge in [0.05, 0.1) is 6.04 Å². The van der Waals surface area contributed by atoms with Crippen molar-refractivity contribution in [3.8, 4) is 0 Å². The quantitative estimate of drug-likeness (QED) is 0.805. The lowest BCUT2D eigenvalue weighted by Gasteiger charge is -2.06. The number of nitrogens with one attached hydrogen (secondary N) is 2. The van der Waals surface area contributed by atoms with E-state index in [4.69, 9.17) is 4.42 Å². The normalized spacial score (nSPS) is 12.4. The summed E-state index contributed by atoms with van der Waals surface area (Å²) in [6.07, 6.45) is 0. The van der Waals surface area contributed by atoms with Crippen molar-refractivity contribution in [1.82, 2.24) is 15.5 Å². The van der Waals surface area contributed by atoms with Crippen molar-refractivity contribution in [3.05, 3.63) is 33.7 Å². The highest BCUT2D eigenvalue weighted by atomic mass is 127. The molecular formula is C12H15IN4O. The Kier molecular flexibility index (Phi) is 4.54. The fourth-order valence-electron chi connectivity index (χ4n) is 1.51.